The normalized spacial score (nSPS) is 13.9. The van der Waals surface area contributed by atoms with Gasteiger partial charge in [-0.05, 0) is 17.7 Å². The van der Waals surface area contributed by atoms with Gasteiger partial charge in [0.05, 0.1) is 36.3 Å². The summed E-state index contributed by atoms with van der Waals surface area (Å²) in [5.74, 6) is 0.695. The molecule has 0 spiro atoms. The number of azo groups is 1. The quantitative estimate of drug-likeness (QED) is 0.299. The van der Waals surface area contributed by atoms with Gasteiger partial charge in [-0.3, -0.25) is 10.1 Å². The average Bonchev–Trinajstić information content (AvgIpc) is 2.84. The third-order valence-corrected chi connectivity index (χ3v) is 4.87. The van der Waals surface area contributed by atoms with Crippen molar-refractivity contribution in [1.82, 2.24) is 15.0 Å². The largest absolute Gasteiger partial charge is 0.508 e. The van der Waals surface area contributed by atoms with Crippen LogP contribution in [-0.2, 0) is 17.8 Å². The summed E-state index contributed by atoms with van der Waals surface area (Å²) in [6.45, 7) is 2.86. The molecule has 0 radical (unpaired) electrons. The number of phenols is 1. The number of hydrogen-bond acceptors (Lipinski definition) is 11. The van der Waals surface area contributed by atoms with Gasteiger partial charge >= 0.3 is 0 Å². The highest BCUT2D eigenvalue weighted by molar-refractivity contribution is 5.46. The molecule has 1 saturated heterocycles. The van der Waals surface area contributed by atoms with Crippen molar-refractivity contribution in [2.75, 3.05) is 36.5 Å². The fourth-order valence-electron chi connectivity index (χ4n) is 3.19. The Bertz CT molecular complexity index is 1140. The average molecular weight is 450 g/mol. The Morgan fingerprint density at radius 3 is 2.67 bits per heavy atom. The molecule has 2 N–H and O–H groups in total. The van der Waals surface area contributed by atoms with Crippen molar-refractivity contribution in [2.45, 2.75) is 13.1 Å². The summed E-state index contributed by atoms with van der Waals surface area (Å²) in [4.78, 5) is 25.8. The second-order valence-electron chi connectivity index (χ2n) is 7.17. The zero-order valence-electron chi connectivity index (χ0n) is 17.7. The van der Waals surface area contributed by atoms with Crippen LogP contribution >= 0.6 is 0 Å². The molecule has 3 aromatic rings. The lowest BCUT2D eigenvalue weighted by Crippen LogP contribution is -2.37. The van der Waals surface area contributed by atoms with E-state index >= 15 is 0 Å². The van der Waals surface area contributed by atoms with Crippen LogP contribution in [0.15, 0.2) is 58.8 Å². The predicted molar refractivity (Wildman–Crippen MR) is 120 cm³/mol. The van der Waals surface area contributed by atoms with Crippen molar-refractivity contribution in [3.8, 4) is 5.75 Å². The molecule has 0 saturated carbocycles. The van der Waals surface area contributed by atoms with E-state index in [0.29, 0.717) is 50.3 Å². The Hall–Kier alpha value is -4.19. The third kappa shape index (κ3) is 5.95. The maximum Gasteiger partial charge on any atom is 0.278 e. The molecule has 1 aromatic heterocycles. The van der Waals surface area contributed by atoms with Gasteiger partial charge in [-0.25, -0.2) is 0 Å². The lowest BCUT2D eigenvalue weighted by atomic mass is 10.2. The summed E-state index contributed by atoms with van der Waals surface area (Å²) in [6.07, 6.45) is 0. The smallest absolute Gasteiger partial charge is 0.278 e. The molecule has 0 aliphatic carbocycles. The van der Waals surface area contributed by atoms with Crippen molar-refractivity contribution in [2.24, 2.45) is 10.2 Å². The zero-order chi connectivity index (χ0) is 23.0. The van der Waals surface area contributed by atoms with E-state index in [9.17, 15) is 15.2 Å². The van der Waals surface area contributed by atoms with Crippen molar-refractivity contribution in [3.63, 3.8) is 0 Å². The van der Waals surface area contributed by atoms with Gasteiger partial charge in [-0.15, -0.1) is 5.11 Å². The first kappa shape index (κ1) is 22.0. The van der Waals surface area contributed by atoms with Gasteiger partial charge in [0.15, 0.2) is 0 Å². The van der Waals surface area contributed by atoms with Crippen LogP contribution in [0.2, 0.25) is 0 Å². The fraction of sp³-hybridized carbons (Fsp3) is 0.286. The van der Waals surface area contributed by atoms with E-state index in [1.807, 2.05) is 35.2 Å². The van der Waals surface area contributed by atoms with Gasteiger partial charge in [-0.2, -0.15) is 20.1 Å². The van der Waals surface area contributed by atoms with Gasteiger partial charge in [0.25, 0.3) is 11.6 Å². The number of ether oxygens (including phenoxy) is 1. The first-order valence-electron chi connectivity index (χ1n) is 10.3. The zero-order valence-corrected chi connectivity index (χ0v) is 17.7. The molecule has 4 rings (SSSR count). The summed E-state index contributed by atoms with van der Waals surface area (Å²) < 4.78 is 5.40. The van der Waals surface area contributed by atoms with E-state index in [2.05, 4.69) is 30.5 Å². The Balaban J connectivity index is 1.55. The summed E-state index contributed by atoms with van der Waals surface area (Å²) in [7, 11) is 0. The minimum Gasteiger partial charge on any atom is -0.508 e. The summed E-state index contributed by atoms with van der Waals surface area (Å²) in [5.41, 5.74) is 1.14. The van der Waals surface area contributed by atoms with Gasteiger partial charge in [0, 0.05) is 19.6 Å². The van der Waals surface area contributed by atoms with Gasteiger partial charge in [0.1, 0.15) is 5.75 Å². The van der Waals surface area contributed by atoms with Crippen molar-refractivity contribution >= 4 is 23.5 Å². The fourth-order valence-corrected chi connectivity index (χ4v) is 3.19. The van der Waals surface area contributed by atoms with Crippen LogP contribution in [0.25, 0.3) is 0 Å². The van der Waals surface area contributed by atoms with Gasteiger partial charge in [0.2, 0.25) is 11.9 Å². The number of phenolic OH excluding ortho intramolecular Hbond substituents is 1. The first-order chi connectivity index (χ1) is 16.1. The molecule has 1 fully saturated rings. The molecule has 33 heavy (non-hydrogen) atoms. The molecular formula is C21H22N8O4. The topological polar surface area (TPSA) is 151 Å². The highest BCUT2D eigenvalue weighted by atomic mass is 16.6. The van der Waals surface area contributed by atoms with Crippen LogP contribution in [-0.4, -0.2) is 51.3 Å². The molecule has 2 aromatic carbocycles. The van der Waals surface area contributed by atoms with Crippen LogP contribution in [0, 0.1) is 10.1 Å². The Morgan fingerprint density at radius 2 is 1.91 bits per heavy atom. The van der Waals surface area contributed by atoms with Crippen molar-refractivity contribution in [1.29, 1.82) is 0 Å². The Kier molecular flexibility index (Phi) is 6.95. The molecule has 12 heteroatoms. The Morgan fingerprint density at radius 1 is 1.12 bits per heavy atom. The van der Waals surface area contributed by atoms with Crippen LogP contribution in [0.1, 0.15) is 11.1 Å². The van der Waals surface area contributed by atoms with E-state index < -0.39 is 4.92 Å². The van der Waals surface area contributed by atoms with Crippen molar-refractivity contribution < 1.29 is 14.8 Å². The number of aromatic hydroxyl groups is 1. The molecule has 170 valence electrons. The van der Waals surface area contributed by atoms with Crippen LogP contribution < -0.4 is 10.2 Å². The molecule has 0 atom stereocenters. The summed E-state index contributed by atoms with van der Waals surface area (Å²) >= 11 is 0. The SMILES string of the molecule is O=[N+]([O-])c1cc(O)ccc1CN=Nc1nc(NCc2ccccc2)nc(N2CCOCC2)n1. The minimum absolute atomic E-state index is 0.0675. The summed E-state index contributed by atoms with van der Waals surface area (Å²) in [6, 6.07) is 13.7. The lowest BCUT2D eigenvalue weighted by Gasteiger charge is -2.26. The first-order valence-corrected chi connectivity index (χ1v) is 10.3. The van der Waals surface area contributed by atoms with E-state index in [-0.39, 0.29) is 23.9 Å². The summed E-state index contributed by atoms with van der Waals surface area (Å²) in [5, 5.41) is 32.0. The highest BCUT2D eigenvalue weighted by Crippen LogP contribution is 2.25. The molecule has 1 aliphatic rings. The van der Waals surface area contributed by atoms with E-state index in [1.165, 1.54) is 12.1 Å². The molecule has 0 bridgehead atoms. The number of hydrogen-bond donors (Lipinski definition) is 2. The van der Waals surface area contributed by atoms with Crippen LogP contribution in [0.5, 0.6) is 5.75 Å². The number of nitro benzene ring substituents is 1. The number of nitrogens with zero attached hydrogens (tertiary/aromatic N) is 7. The van der Waals surface area contributed by atoms with E-state index in [4.69, 9.17) is 4.74 Å². The number of nitro groups is 1. The molecule has 12 nitrogen and oxygen atoms in total. The Labute approximate surface area is 189 Å². The standard InChI is InChI=1S/C21H22N8O4/c30-17-7-6-16(18(12-17)29(31)32)14-23-27-20-24-19(22-13-15-4-2-1-3-5-15)25-21(26-20)28-8-10-33-11-9-28/h1-7,12,30H,8-11,13-14H2,(H,22,24,25,26). The van der Waals surface area contributed by atoms with E-state index in [0.717, 1.165) is 11.6 Å². The van der Waals surface area contributed by atoms with E-state index in [1.54, 1.807) is 0 Å². The number of aromatic nitrogens is 3. The molecule has 1 aliphatic heterocycles. The number of morpholine rings is 1. The maximum absolute atomic E-state index is 11.2. The molecule has 0 amide bonds. The van der Waals surface area contributed by atoms with Gasteiger partial charge in [-0.1, -0.05) is 30.3 Å². The molecule has 2 heterocycles. The van der Waals surface area contributed by atoms with Crippen LogP contribution in [0.4, 0.5) is 23.5 Å². The van der Waals surface area contributed by atoms with Crippen LogP contribution in [0.3, 0.4) is 0 Å². The van der Waals surface area contributed by atoms with Gasteiger partial charge < -0.3 is 20.1 Å². The predicted octanol–water partition coefficient (Wildman–Crippen LogP) is 3.22. The monoisotopic (exact) mass is 450 g/mol. The highest BCUT2D eigenvalue weighted by Gasteiger charge is 2.17. The minimum atomic E-state index is -0.574. The molecule has 0 unspecified atom stereocenters. The number of nitrogens with one attached hydrogen (secondary N) is 1. The number of benzene rings is 2. The number of anilines is 2. The second kappa shape index (κ2) is 10.4. The number of rotatable bonds is 8. The maximum atomic E-state index is 11.2. The molecular weight excluding hydrogens is 428 g/mol. The van der Waals surface area contributed by atoms with Crippen molar-refractivity contribution in [3.05, 3.63) is 69.8 Å². The second-order valence-corrected chi connectivity index (χ2v) is 7.17. The lowest BCUT2D eigenvalue weighted by molar-refractivity contribution is -0.385. The third-order valence-electron chi connectivity index (χ3n) is 4.87.